The van der Waals surface area contributed by atoms with Gasteiger partial charge in [-0.25, -0.2) is 0 Å². The average molecular weight is 226 g/mol. The Morgan fingerprint density at radius 1 is 1.50 bits per heavy atom. The fourth-order valence-electron chi connectivity index (χ4n) is 1.25. The Bertz CT molecular complexity index is 336. The highest BCUT2D eigenvalue weighted by molar-refractivity contribution is 5.83. The Balaban J connectivity index is 2.53. The zero-order chi connectivity index (χ0) is 12.0. The molecule has 1 aromatic heterocycles. The number of ketones is 1. The molecule has 16 heavy (non-hydrogen) atoms. The van der Waals surface area contributed by atoms with Gasteiger partial charge in [0, 0.05) is 13.0 Å². The van der Waals surface area contributed by atoms with Gasteiger partial charge >= 0.3 is 0 Å². The first-order valence-corrected chi connectivity index (χ1v) is 5.62. The molecule has 0 fully saturated rings. The summed E-state index contributed by atoms with van der Waals surface area (Å²) in [5, 5.41) is 3.76. The number of aromatic nitrogens is 2. The second-order valence-electron chi connectivity index (χ2n) is 3.64. The maximum Gasteiger partial charge on any atom is 0.237 e. The standard InChI is InChI=1S/C11H18N2O3/c1-4-6-15-7-10-12-11(16-13-10)8(3)9(14)5-2/h8H,4-7H2,1-3H3. The Hall–Kier alpha value is -1.23. The predicted octanol–water partition coefficient (Wildman–Crippen LogP) is 2.08. The van der Waals surface area contributed by atoms with Gasteiger partial charge in [-0.3, -0.25) is 4.79 Å². The molecule has 0 N–H and O–H groups in total. The number of ether oxygens (including phenoxy) is 1. The number of hydrogen-bond donors (Lipinski definition) is 0. The van der Waals surface area contributed by atoms with Crippen molar-refractivity contribution in [3.8, 4) is 0 Å². The molecule has 1 rings (SSSR count). The third kappa shape index (κ3) is 3.41. The lowest BCUT2D eigenvalue weighted by Crippen LogP contribution is -2.08. The van der Waals surface area contributed by atoms with Crippen LogP contribution in [0.15, 0.2) is 4.52 Å². The van der Waals surface area contributed by atoms with E-state index >= 15 is 0 Å². The van der Waals surface area contributed by atoms with Gasteiger partial charge in [0.1, 0.15) is 12.4 Å². The molecule has 90 valence electrons. The highest BCUT2D eigenvalue weighted by Gasteiger charge is 2.20. The second-order valence-corrected chi connectivity index (χ2v) is 3.64. The maximum atomic E-state index is 11.4. The van der Waals surface area contributed by atoms with Crippen LogP contribution in [0.4, 0.5) is 0 Å². The van der Waals surface area contributed by atoms with E-state index in [4.69, 9.17) is 9.26 Å². The van der Waals surface area contributed by atoms with Gasteiger partial charge in [-0.2, -0.15) is 4.98 Å². The van der Waals surface area contributed by atoms with Gasteiger partial charge in [0.05, 0.1) is 5.92 Å². The largest absolute Gasteiger partial charge is 0.373 e. The number of rotatable bonds is 7. The molecule has 1 atom stereocenters. The van der Waals surface area contributed by atoms with Crippen LogP contribution in [-0.4, -0.2) is 22.5 Å². The van der Waals surface area contributed by atoms with Crippen LogP contribution in [0.5, 0.6) is 0 Å². The van der Waals surface area contributed by atoms with Gasteiger partial charge in [0.2, 0.25) is 5.89 Å². The zero-order valence-corrected chi connectivity index (χ0v) is 10.0. The molecule has 0 radical (unpaired) electrons. The van der Waals surface area contributed by atoms with Gasteiger partial charge in [0.25, 0.3) is 0 Å². The van der Waals surface area contributed by atoms with E-state index in [2.05, 4.69) is 10.1 Å². The summed E-state index contributed by atoms with van der Waals surface area (Å²) < 4.78 is 10.3. The molecule has 5 nitrogen and oxygen atoms in total. The summed E-state index contributed by atoms with van der Waals surface area (Å²) in [6.07, 6.45) is 1.43. The Kier molecular flexibility index (Phi) is 5.11. The Morgan fingerprint density at radius 2 is 2.25 bits per heavy atom. The second kappa shape index (κ2) is 6.37. The number of carbonyl (C=O) groups is 1. The van der Waals surface area contributed by atoms with Crippen molar-refractivity contribution in [3.05, 3.63) is 11.7 Å². The van der Waals surface area contributed by atoms with E-state index in [1.54, 1.807) is 6.92 Å². The molecule has 5 heteroatoms. The summed E-state index contributed by atoms with van der Waals surface area (Å²) in [6, 6.07) is 0. The Morgan fingerprint density at radius 3 is 2.88 bits per heavy atom. The molecular weight excluding hydrogens is 208 g/mol. The molecule has 0 aliphatic carbocycles. The van der Waals surface area contributed by atoms with Gasteiger partial charge in [-0.1, -0.05) is 19.0 Å². The molecular formula is C11H18N2O3. The molecule has 1 aromatic rings. The summed E-state index contributed by atoms with van der Waals surface area (Å²) in [4.78, 5) is 15.6. The predicted molar refractivity (Wildman–Crippen MR) is 58.0 cm³/mol. The molecule has 0 amide bonds. The van der Waals surface area contributed by atoms with Crippen molar-refractivity contribution < 1.29 is 14.1 Å². The topological polar surface area (TPSA) is 65.2 Å². The summed E-state index contributed by atoms with van der Waals surface area (Å²) in [6.45, 7) is 6.64. The molecule has 1 heterocycles. The van der Waals surface area contributed by atoms with Crippen molar-refractivity contribution in [2.75, 3.05) is 6.61 Å². The van der Waals surface area contributed by atoms with Crippen LogP contribution >= 0.6 is 0 Å². The molecule has 0 aliphatic rings. The summed E-state index contributed by atoms with van der Waals surface area (Å²) in [5.41, 5.74) is 0. The van der Waals surface area contributed by atoms with Gasteiger partial charge in [-0.15, -0.1) is 0 Å². The van der Waals surface area contributed by atoms with Crippen LogP contribution in [0.1, 0.15) is 51.2 Å². The monoisotopic (exact) mass is 226 g/mol. The van der Waals surface area contributed by atoms with Crippen molar-refractivity contribution in [2.24, 2.45) is 0 Å². The van der Waals surface area contributed by atoms with E-state index in [9.17, 15) is 4.79 Å². The van der Waals surface area contributed by atoms with E-state index in [-0.39, 0.29) is 11.7 Å². The number of carbonyl (C=O) groups excluding carboxylic acids is 1. The van der Waals surface area contributed by atoms with Crippen LogP contribution in [0.3, 0.4) is 0 Å². The van der Waals surface area contributed by atoms with Gasteiger partial charge in [0.15, 0.2) is 5.82 Å². The van der Waals surface area contributed by atoms with Crippen molar-refractivity contribution in [1.29, 1.82) is 0 Å². The molecule has 1 unspecified atom stereocenters. The van der Waals surface area contributed by atoms with E-state index < -0.39 is 0 Å². The minimum Gasteiger partial charge on any atom is -0.373 e. The van der Waals surface area contributed by atoms with Gasteiger partial charge < -0.3 is 9.26 Å². The lowest BCUT2D eigenvalue weighted by Gasteiger charge is -2.01. The van der Waals surface area contributed by atoms with Crippen LogP contribution in [0.2, 0.25) is 0 Å². The van der Waals surface area contributed by atoms with Crippen molar-refractivity contribution in [2.45, 2.75) is 46.1 Å². The maximum absolute atomic E-state index is 11.4. The van der Waals surface area contributed by atoms with Crippen molar-refractivity contribution in [1.82, 2.24) is 10.1 Å². The minimum absolute atomic E-state index is 0.102. The molecule has 0 saturated carbocycles. The van der Waals surface area contributed by atoms with Crippen LogP contribution in [0, 0.1) is 0 Å². The smallest absolute Gasteiger partial charge is 0.237 e. The third-order valence-electron chi connectivity index (χ3n) is 2.27. The summed E-state index contributed by atoms with van der Waals surface area (Å²) in [5.74, 6) is 0.656. The van der Waals surface area contributed by atoms with E-state index in [1.807, 2.05) is 13.8 Å². The SMILES string of the molecule is CCCOCc1noc(C(C)C(=O)CC)n1. The van der Waals surface area contributed by atoms with Crippen LogP contribution in [0.25, 0.3) is 0 Å². The summed E-state index contributed by atoms with van der Waals surface area (Å²) >= 11 is 0. The number of Topliss-reactive ketones (excluding diaryl/α,β-unsaturated/α-hetero) is 1. The average Bonchev–Trinajstić information content (AvgIpc) is 2.76. The molecule has 0 bridgehead atoms. The lowest BCUT2D eigenvalue weighted by molar-refractivity contribution is -0.120. The van der Waals surface area contributed by atoms with Crippen LogP contribution < -0.4 is 0 Å². The minimum atomic E-state index is -0.322. The fraction of sp³-hybridized carbons (Fsp3) is 0.727. The highest BCUT2D eigenvalue weighted by Crippen LogP contribution is 2.15. The molecule has 0 aliphatic heterocycles. The normalized spacial score (nSPS) is 12.7. The Labute approximate surface area is 95.2 Å². The van der Waals surface area contributed by atoms with E-state index in [1.165, 1.54) is 0 Å². The number of nitrogens with zero attached hydrogens (tertiary/aromatic N) is 2. The third-order valence-corrected chi connectivity index (χ3v) is 2.27. The highest BCUT2D eigenvalue weighted by atomic mass is 16.5. The van der Waals surface area contributed by atoms with Crippen LogP contribution in [-0.2, 0) is 16.1 Å². The fourth-order valence-corrected chi connectivity index (χ4v) is 1.25. The quantitative estimate of drug-likeness (QED) is 0.666. The zero-order valence-electron chi connectivity index (χ0n) is 10.0. The number of hydrogen-bond acceptors (Lipinski definition) is 5. The first-order valence-electron chi connectivity index (χ1n) is 5.62. The summed E-state index contributed by atoms with van der Waals surface area (Å²) in [7, 11) is 0. The molecule has 0 spiro atoms. The van der Waals surface area contributed by atoms with E-state index in [0.29, 0.717) is 31.3 Å². The first kappa shape index (κ1) is 12.8. The van der Waals surface area contributed by atoms with Crippen molar-refractivity contribution in [3.63, 3.8) is 0 Å². The molecule has 0 aromatic carbocycles. The van der Waals surface area contributed by atoms with Crippen molar-refractivity contribution >= 4 is 5.78 Å². The lowest BCUT2D eigenvalue weighted by atomic mass is 10.1. The van der Waals surface area contributed by atoms with E-state index in [0.717, 1.165) is 6.42 Å². The molecule has 0 saturated heterocycles. The van der Waals surface area contributed by atoms with Gasteiger partial charge in [-0.05, 0) is 13.3 Å². The first-order chi connectivity index (χ1) is 7.69.